The molecule has 480 valence electrons. The average molecular weight is 1190 g/mol. The highest BCUT2D eigenvalue weighted by Gasteiger charge is 2.44. The van der Waals surface area contributed by atoms with E-state index in [1.54, 1.807) is 35.5 Å². The molecular weight excluding hydrogens is 1080 g/mol. The van der Waals surface area contributed by atoms with Crippen molar-refractivity contribution < 1.29 is 63.7 Å². The number of hydrogen-bond donors (Lipinski definition) is 6. The van der Waals surface area contributed by atoms with Crippen molar-refractivity contribution in [2.24, 2.45) is 43.0 Å². The van der Waals surface area contributed by atoms with Crippen LogP contribution in [0.2, 0.25) is 0 Å². The van der Waals surface area contributed by atoms with Gasteiger partial charge >= 0.3 is 24.4 Å². The fraction of sp³-hybridized carbons (Fsp3) is 0.831. The molecule has 0 spiro atoms. The smallest absolute Gasteiger partial charge is 0.410 e. The number of carbonyl (C=O) groups is 4. The van der Waals surface area contributed by atoms with E-state index in [1.807, 2.05) is 80.5 Å². The molecule has 25 heteroatoms. The maximum Gasteiger partial charge on any atom is 0.410 e. The lowest BCUT2D eigenvalue weighted by molar-refractivity contribution is 0.0200. The van der Waals surface area contributed by atoms with Crippen LogP contribution in [0.25, 0.3) is 20.9 Å². The van der Waals surface area contributed by atoms with Gasteiger partial charge in [-0.25, -0.2) is 19.2 Å². The molecule has 5 aliphatic rings. The van der Waals surface area contributed by atoms with Gasteiger partial charge in [-0.1, -0.05) is 54.4 Å². The molecule has 5 fully saturated rings. The van der Waals surface area contributed by atoms with Gasteiger partial charge in [0, 0.05) is 110 Å². The number of likely N-dealkylation sites (tertiary alicyclic amines) is 5. The van der Waals surface area contributed by atoms with Gasteiger partial charge in [-0.15, -0.1) is 0 Å². The van der Waals surface area contributed by atoms with Gasteiger partial charge in [-0.2, -0.15) is 0 Å². The zero-order valence-electron chi connectivity index (χ0n) is 53.3. The lowest BCUT2D eigenvalue weighted by atomic mass is 9.84. The molecule has 7 N–H and O–H groups in total. The van der Waals surface area contributed by atoms with Crippen LogP contribution in [0.4, 0.5) is 19.2 Å². The monoisotopic (exact) mass is 1190 g/mol. The second-order valence-electron chi connectivity index (χ2n) is 27.5. The van der Waals surface area contributed by atoms with Crippen molar-refractivity contribution in [3.8, 4) is 0 Å². The fourth-order valence-electron chi connectivity index (χ4n) is 10.1. The summed E-state index contributed by atoms with van der Waals surface area (Å²) in [6.45, 7) is 34.5. The van der Waals surface area contributed by atoms with Crippen molar-refractivity contribution in [3.05, 3.63) is 56.8 Å². The Hall–Kier alpha value is -5.36. The molecule has 3 atom stereocenters. The molecular formula is C59H106N12O13. The number of carbonyl (C=O) groups excluding carboxylic acids is 4. The summed E-state index contributed by atoms with van der Waals surface area (Å²) in [5.74, 6) is 0. The molecule has 0 aliphatic carbocycles. The number of aliphatic hydroxyl groups is 5. The van der Waals surface area contributed by atoms with Crippen LogP contribution in [0.15, 0.2) is 40.6 Å². The molecule has 5 saturated heterocycles. The predicted octanol–water partition coefficient (Wildman–Crippen LogP) is 8.69. The molecule has 0 bridgehead atoms. The molecule has 25 nitrogen and oxygen atoms in total. The number of ether oxygens (including phenoxy) is 4. The summed E-state index contributed by atoms with van der Waals surface area (Å²) < 4.78 is 21.2. The van der Waals surface area contributed by atoms with Crippen LogP contribution in [0.5, 0.6) is 0 Å². The quantitative estimate of drug-likeness (QED) is 0.0439. The molecule has 1 aromatic carbocycles. The van der Waals surface area contributed by atoms with E-state index in [0.29, 0.717) is 65.2 Å². The molecule has 0 radical (unpaired) electrons. The van der Waals surface area contributed by atoms with Gasteiger partial charge in [0.05, 0.1) is 33.0 Å². The summed E-state index contributed by atoms with van der Waals surface area (Å²) in [5.41, 5.74) is 20.6. The standard InChI is InChI=1S/C13H19NO2.C12H22N4O2.C12H24N2O2.C11H20N4O3.C11H21NO4/c15-10-13(11-16)6-7-14(9-13)8-12-4-2-1-3-5-12;1-5-12(8-14-15-13)6-7-16(9-12)10(17)18-11(2,3)4;1-5-12(8-13)6-7-14(9-12)10(15)16-11(2,3)4;1-10(2,3)18-9(17)15-5-4-11(7-15,8-16)6-13-14-12;1-10(2,3)16-9(15)12-5-4-11(6-12,7-13)8-14/h1-5,15-16H,6-11H2;5-9H2,1-4H3;5-9,13H2,1-4H3;16H,4-8H2,1-3H3;13-14H,4-8H2,1-3H3/t;2*12-;11-;/m.001./s1. The topological polar surface area (TPSA) is 346 Å². The Kier molecular flexibility index (Phi) is 29.3. The van der Waals surface area contributed by atoms with Crippen LogP contribution in [0.3, 0.4) is 0 Å². The molecule has 1 aromatic rings. The van der Waals surface area contributed by atoms with Gasteiger partial charge in [-0.3, -0.25) is 4.90 Å². The third-order valence-corrected chi connectivity index (χ3v) is 15.7. The molecule has 0 aromatic heterocycles. The molecule has 0 unspecified atom stereocenters. The van der Waals surface area contributed by atoms with E-state index in [-0.39, 0.29) is 74.1 Å². The van der Waals surface area contributed by atoms with Gasteiger partial charge in [0.2, 0.25) is 0 Å². The Morgan fingerprint density at radius 2 is 0.786 bits per heavy atom. The van der Waals surface area contributed by atoms with Gasteiger partial charge in [0.15, 0.2) is 0 Å². The van der Waals surface area contributed by atoms with Gasteiger partial charge in [0.25, 0.3) is 0 Å². The van der Waals surface area contributed by atoms with Gasteiger partial charge < -0.3 is 69.8 Å². The minimum atomic E-state index is -0.559. The summed E-state index contributed by atoms with van der Waals surface area (Å²) in [4.78, 5) is 61.7. The number of aliphatic hydroxyl groups excluding tert-OH is 5. The number of nitrogens with zero attached hydrogens (tertiary/aromatic N) is 11. The first-order valence-corrected chi connectivity index (χ1v) is 29.5. The molecule has 6 rings (SSSR count). The number of azide groups is 2. The maximum atomic E-state index is 11.9. The normalized spacial score (nSPS) is 22.7. The summed E-state index contributed by atoms with van der Waals surface area (Å²) in [7, 11) is 0. The largest absolute Gasteiger partial charge is 0.444 e. The Balaban J connectivity index is 0.000000359. The summed E-state index contributed by atoms with van der Waals surface area (Å²) >= 11 is 0. The minimum absolute atomic E-state index is 0.0782. The van der Waals surface area contributed by atoms with Crippen molar-refractivity contribution >= 4 is 24.4 Å². The van der Waals surface area contributed by atoms with Crippen LogP contribution in [-0.2, 0) is 25.5 Å². The van der Waals surface area contributed by atoms with Crippen LogP contribution >= 0.6 is 0 Å². The second-order valence-corrected chi connectivity index (χ2v) is 27.5. The molecule has 4 amide bonds. The van der Waals surface area contributed by atoms with Crippen molar-refractivity contribution in [2.45, 2.75) is 171 Å². The van der Waals surface area contributed by atoms with E-state index < -0.39 is 39.3 Å². The Morgan fingerprint density at radius 1 is 0.488 bits per heavy atom. The van der Waals surface area contributed by atoms with Crippen molar-refractivity contribution in [1.82, 2.24) is 24.5 Å². The maximum absolute atomic E-state index is 11.9. The van der Waals surface area contributed by atoms with Crippen molar-refractivity contribution in [2.75, 3.05) is 118 Å². The first-order chi connectivity index (χ1) is 39.0. The zero-order valence-corrected chi connectivity index (χ0v) is 53.3. The predicted molar refractivity (Wildman–Crippen MR) is 321 cm³/mol. The molecule has 84 heavy (non-hydrogen) atoms. The number of benzene rings is 1. The Morgan fingerprint density at radius 3 is 1.10 bits per heavy atom. The molecule has 5 aliphatic heterocycles. The second kappa shape index (κ2) is 33.0. The van der Waals surface area contributed by atoms with Crippen LogP contribution in [0.1, 0.15) is 147 Å². The first-order valence-electron chi connectivity index (χ1n) is 29.5. The number of hydrogen-bond acceptors (Lipinski definition) is 17. The minimum Gasteiger partial charge on any atom is -0.444 e. The third kappa shape index (κ3) is 25.3. The highest BCUT2D eigenvalue weighted by molar-refractivity contribution is 5.70. The zero-order chi connectivity index (χ0) is 63.9. The summed E-state index contributed by atoms with van der Waals surface area (Å²) in [6, 6.07) is 10.3. The highest BCUT2D eigenvalue weighted by atomic mass is 16.6. The van der Waals surface area contributed by atoms with Gasteiger partial charge in [0.1, 0.15) is 22.4 Å². The van der Waals surface area contributed by atoms with E-state index in [4.69, 9.17) is 35.7 Å². The van der Waals surface area contributed by atoms with Crippen LogP contribution in [-0.4, -0.2) is 215 Å². The van der Waals surface area contributed by atoms with E-state index in [2.05, 4.69) is 50.9 Å². The Bertz CT molecular complexity index is 2160. The molecule has 5 heterocycles. The number of amides is 4. The third-order valence-electron chi connectivity index (χ3n) is 15.7. The SMILES string of the molecule is CC(C)(C)OC(=O)N1CCC(CO)(CO)C1.CC(C)(C)OC(=O)N1CC[C@@](CO)(CN=[N+]=[N-])C1.CC[C@@]1(CN)CCN(C(=O)OC(C)(C)C)C1.CC[C@@]1(CN=[N+]=[N-])CCN(C(=O)OC(C)(C)C)C1.OCC1(CO)CCN(Cc2ccccc2)C1. The number of nitrogens with two attached hydrogens (primary N) is 1. The summed E-state index contributed by atoms with van der Waals surface area (Å²) in [6.07, 6.45) is 4.60. The fourth-order valence-corrected chi connectivity index (χ4v) is 10.1. The number of rotatable bonds is 14. The van der Waals surface area contributed by atoms with E-state index in [9.17, 15) is 44.7 Å². The summed E-state index contributed by atoms with van der Waals surface area (Å²) in [5, 5.41) is 53.6. The van der Waals surface area contributed by atoms with Crippen molar-refractivity contribution in [1.29, 1.82) is 0 Å². The first kappa shape index (κ1) is 74.7. The Labute approximate surface area is 499 Å². The molecule has 0 saturated carbocycles. The van der Waals surface area contributed by atoms with Crippen LogP contribution in [0, 0.1) is 27.1 Å². The lowest BCUT2D eigenvalue weighted by Crippen LogP contribution is -2.39. The van der Waals surface area contributed by atoms with E-state index in [1.165, 1.54) is 10.5 Å². The highest BCUT2D eigenvalue weighted by Crippen LogP contribution is 2.37. The van der Waals surface area contributed by atoms with Gasteiger partial charge in [-0.05, 0) is 163 Å². The van der Waals surface area contributed by atoms with Crippen molar-refractivity contribution in [3.63, 3.8) is 0 Å². The van der Waals surface area contributed by atoms with Crippen LogP contribution < -0.4 is 5.73 Å². The average Bonchev–Trinajstić information content (AvgIpc) is 4.51. The lowest BCUT2D eigenvalue weighted by Gasteiger charge is -2.28. The van der Waals surface area contributed by atoms with E-state index in [0.717, 1.165) is 64.8 Å². The van der Waals surface area contributed by atoms with E-state index >= 15 is 0 Å².